The topological polar surface area (TPSA) is 22.1 Å². The van der Waals surface area contributed by atoms with Gasteiger partial charge >= 0.3 is 0 Å². The molecule has 0 atom stereocenters. The van der Waals surface area contributed by atoms with Gasteiger partial charge in [0.2, 0.25) is 5.88 Å². The summed E-state index contributed by atoms with van der Waals surface area (Å²) in [6.45, 7) is 0. The van der Waals surface area contributed by atoms with E-state index in [-0.39, 0.29) is 21.9 Å². The number of alkyl halides is 3. The Balaban J connectivity index is 3.27. The van der Waals surface area contributed by atoms with Crippen LogP contribution in [0.4, 0.5) is 8.78 Å². The first-order valence-electron chi connectivity index (χ1n) is 3.67. The molecule has 78 valence electrons. The molecule has 0 aliphatic rings. The molecule has 0 fully saturated rings. The maximum absolute atomic E-state index is 12.5. The predicted octanol–water partition coefficient (Wildman–Crippen LogP) is 3.53. The molecular weight excluding hydrogens is 279 g/mol. The van der Waals surface area contributed by atoms with Crippen molar-refractivity contribution in [2.45, 2.75) is 12.3 Å². The second-order valence-electron chi connectivity index (χ2n) is 2.46. The summed E-state index contributed by atoms with van der Waals surface area (Å²) in [7, 11) is 1.36. The Morgan fingerprint density at radius 1 is 1.64 bits per heavy atom. The number of halogens is 4. The summed E-state index contributed by atoms with van der Waals surface area (Å²) >= 11 is 8.60. The maximum atomic E-state index is 12.5. The zero-order valence-corrected chi connectivity index (χ0v) is 9.57. The molecule has 0 amide bonds. The van der Waals surface area contributed by atoms with E-state index >= 15 is 0 Å². The minimum atomic E-state index is -2.65. The van der Waals surface area contributed by atoms with E-state index in [0.717, 1.165) is 0 Å². The quantitative estimate of drug-likeness (QED) is 0.793. The number of nitrogens with zero attached hydrogens (tertiary/aromatic N) is 1. The third-order valence-electron chi connectivity index (χ3n) is 1.59. The van der Waals surface area contributed by atoms with Crippen LogP contribution < -0.4 is 4.74 Å². The molecule has 1 aromatic rings. The third kappa shape index (κ3) is 2.33. The molecule has 0 unspecified atom stereocenters. The van der Waals surface area contributed by atoms with Crippen molar-refractivity contribution in [1.82, 2.24) is 4.98 Å². The van der Waals surface area contributed by atoms with Crippen molar-refractivity contribution >= 4 is 27.5 Å². The van der Waals surface area contributed by atoms with Crippen LogP contribution in [0.25, 0.3) is 0 Å². The summed E-state index contributed by atoms with van der Waals surface area (Å²) in [4.78, 5) is 3.62. The van der Waals surface area contributed by atoms with Gasteiger partial charge in [-0.1, -0.05) is 0 Å². The van der Waals surface area contributed by atoms with E-state index in [1.54, 1.807) is 0 Å². The average Bonchev–Trinajstić information content (AvgIpc) is 2.17. The lowest BCUT2D eigenvalue weighted by Gasteiger charge is -2.08. The Bertz CT molecular complexity index is 335. The first-order valence-corrected chi connectivity index (χ1v) is 5.00. The van der Waals surface area contributed by atoms with Crippen molar-refractivity contribution < 1.29 is 13.5 Å². The predicted molar refractivity (Wildman–Crippen MR) is 53.0 cm³/mol. The van der Waals surface area contributed by atoms with Crippen molar-refractivity contribution in [3.8, 4) is 5.88 Å². The van der Waals surface area contributed by atoms with Crippen LogP contribution in [0.1, 0.15) is 17.7 Å². The van der Waals surface area contributed by atoms with E-state index in [4.69, 9.17) is 16.3 Å². The number of methoxy groups -OCH3 is 1. The second kappa shape index (κ2) is 4.89. The van der Waals surface area contributed by atoms with Gasteiger partial charge in [0.05, 0.1) is 7.11 Å². The van der Waals surface area contributed by atoms with Crippen molar-refractivity contribution in [3.63, 3.8) is 0 Å². The van der Waals surface area contributed by atoms with Gasteiger partial charge in [-0.2, -0.15) is 0 Å². The maximum Gasteiger partial charge on any atom is 0.281 e. The number of rotatable bonds is 3. The zero-order chi connectivity index (χ0) is 10.7. The third-order valence-corrected chi connectivity index (χ3v) is 2.80. The van der Waals surface area contributed by atoms with Crippen LogP contribution >= 0.6 is 27.5 Å². The molecule has 6 heteroatoms. The molecule has 1 heterocycles. The van der Waals surface area contributed by atoms with E-state index in [1.165, 1.54) is 13.2 Å². The largest absolute Gasteiger partial charge is 0.481 e. The summed E-state index contributed by atoms with van der Waals surface area (Å²) < 4.78 is 30.0. The fourth-order valence-electron chi connectivity index (χ4n) is 0.923. The molecule has 2 nitrogen and oxygen atoms in total. The highest BCUT2D eigenvalue weighted by Gasteiger charge is 2.18. The fourth-order valence-corrected chi connectivity index (χ4v) is 1.81. The van der Waals surface area contributed by atoms with E-state index in [9.17, 15) is 8.78 Å². The van der Waals surface area contributed by atoms with Crippen molar-refractivity contribution in [2.75, 3.05) is 7.11 Å². The zero-order valence-electron chi connectivity index (χ0n) is 7.23. The number of hydrogen-bond donors (Lipinski definition) is 0. The van der Waals surface area contributed by atoms with E-state index < -0.39 is 6.43 Å². The van der Waals surface area contributed by atoms with Gasteiger partial charge in [0.1, 0.15) is 5.69 Å². The Kier molecular flexibility index (Phi) is 4.07. The number of aromatic nitrogens is 1. The summed E-state index contributed by atoms with van der Waals surface area (Å²) in [5, 5.41) is 0. The van der Waals surface area contributed by atoms with Crippen molar-refractivity contribution in [1.29, 1.82) is 0 Å². The van der Waals surface area contributed by atoms with Crippen LogP contribution in [0.2, 0.25) is 0 Å². The lowest BCUT2D eigenvalue weighted by molar-refractivity contribution is 0.144. The van der Waals surface area contributed by atoms with E-state index in [2.05, 4.69) is 20.9 Å². The molecule has 0 aliphatic heterocycles. The monoisotopic (exact) mass is 285 g/mol. The highest BCUT2D eigenvalue weighted by molar-refractivity contribution is 9.10. The van der Waals surface area contributed by atoms with Crippen LogP contribution in [0.5, 0.6) is 5.88 Å². The highest BCUT2D eigenvalue weighted by Crippen LogP contribution is 2.31. The highest BCUT2D eigenvalue weighted by atomic mass is 79.9. The van der Waals surface area contributed by atoms with Crippen LogP contribution in [0.15, 0.2) is 10.5 Å². The lowest BCUT2D eigenvalue weighted by atomic mass is 10.2. The van der Waals surface area contributed by atoms with Gasteiger partial charge in [-0.3, -0.25) is 0 Å². The smallest absolute Gasteiger partial charge is 0.281 e. The Morgan fingerprint density at radius 2 is 2.29 bits per heavy atom. The van der Waals surface area contributed by atoms with Crippen LogP contribution in [-0.4, -0.2) is 12.1 Å². The molecule has 0 spiro atoms. The molecule has 0 aromatic carbocycles. The van der Waals surface area contributed by atoms with Gasteiger partial charge in [0.15, 0.2) is 0 Å². The molecule has 0 saturated heterocycles. The average molecular weight is 287 g/mol. The first-order chi connectivity index (χ1) is 6.60. The molecule has 1 rings (SSSR count). The number of ether oxygens (including phenoxy) is 1. The minimum absolute atomic E-state index is 0.124. The van der Waals surface area contributed by atoms with Crippen LogP contribution in [0.3, 0.4) is 0 Å². The molecule has 0 bridgehead atoms. The Morgan fingerprint density at radius 3 is 2.71 bits per heavy atom. The fraction of sp³-hybridized carbons (Fsp3) is 0.375. The van der Waals surface area contributed by atoms with E-state index in [0.29, 0.717) is 5.56 Å². The van der Waals surface area contributed by atoms with E-state index in [1.807, 2.05) is 0 Å². The summed E-state index contributed by atoms with van der Waals surface area (Å²) in [5.41, 5.74) is 0.189. The van der Waals surface area contributed by atoms with Crippen molar-refractivity contribution in [3.05, 3.63) is 21.8 Å². The van der Waals surface area contributed by atoms with Crippen LogP contribution in [0, 0.1) is 0 Å². The molecule has 0 N–H and O–H groups in total. The molecule has 0 aliphatic carbocycles. The van der Waals surface area contributed by atoms with Gasteiger partial charge in [-0.15, -0.1) is 11.6 Å². The molecular formula is C8H7BrClF2NO. The SMILES string of the molecule is COc1cc(CCl)c(Br)c(C(F)F)n1. The molecule has 14 heavy (non-hydrogen) atoms. The molecule has 1 aromatic heterocycles. The lowest BCUT2D eigenvalue weighted by Crippen LogP contribution is -1.99. The molecule has 0 radical (unpaired) electrons. The second-order valence-corrected chi connectivity index (χ2v) is 3.52. The Labute approximate surface area is 93.4 Å². The van der Waals surface area contributed by atoms with Gasteiger partial charge in [-0.25, -0.2) is 13.8 Å². The number of pyridine rings is 1. The van der Waals surface area contributed by atoms with Gasteiger partial charge < -0.3 is 4.74 Å². The summed E-state index contributed by atoms with van der Waals surface area (Å²) in [6.07, 6.45) is -2.65. The summed E-state index contributed by atoms with van der Waals surface area (Å²) in [6, 6.07) is 1.52. The van der Waals surface area contributed by atoms with Gasteiger partial charge in [0, 0.05) is 16.4 Å². The van der Waals surface area contributed by atoms with Gasteiger partial charge in [-0.05, 0) is 21.5 Å². The normalized spacial score (nSPS) is 10.7. The van der Waals surface area contributed by atoms with Gasteiger partial charge in [0.25, 0.3) is 6.43 Å². The summed E-state index contributed by atoms with van der Waals surface area (Å²) in [5.74, 6) is 0.262. The number of hydrogen-bond acceptors (Lipinski definition) is 2. The minimum Gasteiger partial charge on any atom is -0.481 e. The standard InChI is InChI=1S/C8H7BrClF2NO/c1-14-5-2-4(3-10)6(9)7(13-5)8(11)12/h2,8H,3H2,1H3. The Hall–Kier alpha value is -0.420. The van der Waals surface area contributed by atoms with Crippen molar-refractivity contribution in [2.24, 2.45) is 0 Å². The first kappa shape index (κ1) is 11.7. The molecule has 0 saturated carbocycles. The van der Waals surface area contributed by atoms with Crippen LogP contribution in [-0.2, 0) is 5.88 Å².